The zero-order chi connectivity index (χ0) is 11.1. The molecule has 1 aromatic heterocycles. The van der Waals surface area contributed by atoms with E-state index in [1.165, 1.54) is 12.8 Å². The standard InChI is InChI=1S/C12H22N2O/c1-3-5-6-7-12(15)11-8-9-13-14(11)10-4-2/h8-9,12,15H,3-7,10H2,1-2H3. The number of unbranched alkanes of at least 4 members (excludes halogenated alkanes) is 2. The van der Waals surface area contributed by atoms with Crippen LogP contribution in [0, 0.1) is 0 Å². The van der Waals surface area contributed by atoms with Crippen molar-refractivity contribution < 1.29 is 5.11 Å². The molecule has 86 valence electrons. The van der Waals surface area contributed by atoms with Crippen molar-refractivity contribution in [1.82, 2.24) is 9.78 Å². The Morgan fingerprint density at radius 3 is 2.80 bits per heavy atom. The summed E-state index contributed by atoms with van der Waals surface area (Å²) >= 11 is 0. The minimum Gasteiger partial charge on any atom is -0.387 e. The molecule has 0 aliphatic heterocycles. The van der Waals surface area contributed by atoms with Gasteiger partial charge in [0.1, 0.15) is 0 Å². The SMILES string of the molecule is CCCCCC(O)c1ccnn1CCC. The van der Waals surface area contributed by atoms with E-state index in [1.54, 1.807) is 6.20 Å². The third-order valence-electron chi connectivity index (χ3n) is 2.61. The molecule has 0 aromatic carbocycles. The quantitative estimate of drug-likeness (QED) is 0.703. The van der Waals surface area contributed by atoms with Gasteiger partial charge in [0.15, 0.2) is 0 Å². The molecule has 0 bridgehead atoms. The molecule has 0 radical (unpaired) electrons. The summed E-state index contributed by atoms with van der Waals surface area (Å²) in [5.41, 5.74) is 0.966. The fourth-order valence-electron chi connectivity index (χ4n) is 1.76. The largest absolute Gasteiger partial charge is 0.387 e. The van der Waals surface area contributed by atoms with E-state index in [-0.39, 0.29) is 6.10 Å². The van der Waals surface area contributed by atoms with Gasteiger partial charge in [0.25, 0.3) is 0 Å². The van der Waals surface area contributed by atoms with E-state index in [0.29, 0.717) is 0 Å². The highest BCUT2D eigenvalue weighted by molar-refractivity contribution is 5.04. The number of aromatic nitrogens is 2. The van der Waals surface area contributed by atoms with E-state index in [9.17, 15) is 5.11 Å². The summed E-state index contributed by atoms with van der Waals surface area (Å²) in [4.78, 5) is 0. The summed E-state index contributed by atoms with van der Waals surface area (Å²) in [5, 5.41) is 14.2. The summed E-state index contributed by atoms with van der Waals surface area (Å²) in [5.74, 6) is 0. The Morgan fingerprint density at radius 2 is 2.13 bits per heavy atom. The second kappa shape index (κ2) is 6.62. The molecule has 3 heteroatoms. The first-order chi connectivity index (χ1) is 7.29. The maximum absolute atomic E-state index is 9.98. The van der Waals surface area contributed by atoms with E-state index < -0.39 is 0 Å². The predicted molar refractivity (Wildman–Crippen MR) is 61.6 cm³/mol. The van der Waals surface area contributed by atoms with Gasteiger partial charge >= 0.3 is 0 Å². The van der Waals surface area contributed by atoms with Crippen LogP contribution in [0.25, 0.3) is 0 Å². The van der Waals surface area contributed by atoms with E-state index in [1.807, 2.05) is 10.7 Å². The highest BCUT2D eigenvalue weighted by atomic mass is 16.3. The van der Waals surface area contributed by atoms with Gasteiger partial charge in [-0.15, -0.1) is 0 Å². The lowest BCUT2D eigenvalue weighted by Crippen LogP contribution is -2.09. The first kappa shape index (κ1) is 12.2. The average molecular weight is 210 g/mol. The van der Waals surface area contributed by atoms with Gasteiger partial charge < -0.3 is 5.11 Å². The summed E-state index contributed by atoms with van der Waals surface area (Å²) < 4.78 is 1.91. The maximum atomic E-state index is 9.98. The number of aliphatic hydroxyl groups excluding tert-OH is 1. The number of hydrogen-bond acceptors (Lipinski definition) is 2. The van der Waals surface area contributed by atoms with Crippen LogP contribution >= 0.6 is 0 Å². The maximum Gasteiger partial charge on any atom is 0.0956 e. The minimum absolute atomic E-state index is 0.342. The van der Waals surface area contributed by atoms with Crippen molar-refractivity contribution in [2.24, 2.45) is 0 Å². The highest BCUT2D eigenvalue weighted by Crippen LogP contribution is 2.19. The molecule has 0 aliphatic carbocycles. The van der Waals surface area contributed by atoms with Crippen LogP contribution in [0.15, 0.2) is 12.3 Å². The Labute approximate surface area is 92.1 Å². The molecule has 1 aromatic rings. The number of hydrogen-bond donors (Lipinski definition) is 1. The number of nitrogens with zero attached hydrogens (tertiary/aromatic N) is 2. The number of aliphatic hydroxyl groups is 1. The normalized spacial score (nSPS) is 13.0. The smallest absolute Gasteiger partial charge is 0.0956 e. The van der Waals surface area contributed by atoms with Crippen molar-refractivity contribution in [2.75, 3.05) is 0 Å². The molecule has 1 atom stereocenters. The molecule has 15 heavy (non-hydrogen) atoms. The molecule has 0 saturated heterocycles. The van der Waals surface area contributed by atoms with Gasteiger partial charge in [-0.05, 0) is 18.9 Å². The van der Waals surface area contributed by atoms with Crippen LogP contribution in [0.1, 0.15) is 57.7 Å². The first-order valence-corrected chi connectivity index (χ1v) is 5.99. The third-order valence-corrected chi connectivity index (χ3v) is 2.61. The second-order valence-electron chi connectivity index (χ2n) is 3.99. The molecule has 3 nitrogen and oxygen atoms in total. The summed E-state index contributed by atoms with van der Waals surface area (Å²) in [6.07, 6.45) is 6.81. The molecule has 0 amide bonds. The predicted octanol–water partition coefficient (Wildman–Crippen LogP) is 2.91. The molecule has 0 aliphatic rings. The lowest BCUT2D eigenvalue weighted by molar-refractivity contribution is 0.152. The van der Waals surface area contributed by atoms with Gasteiger partial charge in [-0.3, -0.25) is 4.68 Å². The zero-order valence-corrected chi connectivity index (χ0v) is 9.82. The topological polar surface area (TPSA) is 38.1 Å². The van der Waals surface area contributed by atoms with Gasteiger partial charge in [-0.1, -0.05) is 33.1 Å². The third kappa shape index (κ3) is 3.67. The summed E-state index contributed by atoms with van der Waals surface area (Å²) in [7, 11) is 0. The Bertz CT molecular complexity index is 270. The van der Waals surface area contributed by atoms with Gasteiger partial charge in [0.2, 0.25) is 0 Å². The second-order valence-corrected chi connectivity index (χ2v) is 3.99. The molecule has 1 N–H and O–H groups in total. The lowest BCUT2D eigenvalue weighted by atomic mass is 10.1. The Balaban J connectivity index is 2.48. The number of rotatable bonds is 7. The molecule has 1 rings (SSSR count). The summed E-state index contributed by atoms with van der Waals surface area (Å²) in [6.45, 7) is 5.19. The van der Waals surface area contributed by atoms with Crippen molar-refractivity contribution in [1.29, 1.82) is 0 Å². The van der Waals surface area contributed by atoms with Crippen LogP contribution < -0.4 is 0 Å². The van der Waals surface area contributed by atoms with Crippen LogP contribution in [0.3, 0.4) is 0 Å². The Morgan fingerprint density at radius 1 is 1.33 bits per heavy atom. The Hall–Kier alpha value is -0.830. The molecular weight excluding hydrogens is 188 g/mol. The molecular formula is C12H22N2O. The van der Waals surface area contributed by atoms with E-state index in [0.717, 1.165) is 31.5 Å². The van der Waals surface area contributed by atoms with Crippen LogP contribution in [-0.2, 0) is 6.54 Å². The molecule has 0 spiro atoms. The van der Waals surface area contributed by atoms with Crippen molar-refractivity contribution in [2.45, 2.75) is 58.6 Å². The number of aryl methyl sites for hydroxylation is 1. The van der Waals surface area contributed by atoms with Gasteiger partial charge in [0, 0.05) is 12.7 Å². The van der Waals surface area contributed by atoms with E-state index in [2.05, 4.69) is 18.9 Å². The van der Waals surface area contributed by atoms with Gasteiger partial charge in [-0.2, -0.15) is 5.10 Å². The highest BCUT2D eigenvalue weighted by Gasteiger charge is 2.11. The molecule has 0 fully saturated rings. The molecule has 0 saturated carbocycles. The fraction of sp³-hybridized carbons (Fsp3) is 0.750. The summed E-state index contributed by atoms with van der Waals surface area (Å²) in [6, 6.07) is 1.92. The molecule has 1 heterocycles. The van der Waals surface area contributed by atoms with Gasteiger partial charge in [0.05, 0.1) is 11.8 Å². The monoisotopic (exact) mass is 210 g/mol. The Kier molecular flexibility index (Phi) is 5.40. The van der Waals surface area contributed by atoms with Crippen LogP contribution in [0.2, 0.25) is 0 Å². The van der Waals surface area contributed by atoms with Crippen LogP contribution in [0.4, 0.5) is 0 Å². The first-order valence-electron chi connectivity index (χ1n) is 5.99. The van der Waals surface area contributed by atoms with Crippen molar-refractivity contribution in [3.05, 3.63) is 18.0 Å². The van der Waals surface area contributed by atoms with Crippen molar-refractivity contribution in [3.8, 4) is 0 Å². The zero-order valence-electron chi connectivity index (χ0n) is 9.82. The molecule has 1 unspecified atom stereocenters. The van der Waals surface area contributed by atoms with Crippen molar-refractivity contribution >= 4 is 0 Å². The van der Waals surface area contributed by atoms with Crippen molar-refractivity contribution in [3.63, 3.8) is 0 Å². The fourth-order valence-corrected chi connectivity index (χ4v) is 1.76. The minimum atomic E-state index is -0.342. The van der Waals surface area contributed by atoms with Crippen LogP contribution in [-0.4, -0.2) is 14.9 Å². The average Bonchev–Trinajstić information content (AvgIpc) is 2.67. The lowest BCUT2D eigenvalue weighted by Gasteiger charge is -2.12. The van der Waals surface area contributed by atoms with Crippen LogP contribution in [0.5, 0.6) is 0 Å². The van der Waals surface area contributed by atoms with Gasteiger partial charge in [-0.25, -0.2) is 0 Å². The van der Waals surface area contributed by atoms with E-state index >= 15 is 0 Å². The van der Waals surface area contributed by atoms with E-state index in [4.69, 9.17) is 0 Å².